The van der Waals surface area contributed by atoms with Crippen LogP contribution in [-0.4, -0.2) is 23.6 Å². The number of aromatic nitrogens is 1. The fourth-order valence-electron chi connectivity index (χ4n) is 2.06. The van der Waals surface area contributed by atoms with Crippen molar-refractivity contribution in [2.75, 3.05) is 6.61 Å². The van der Waals surface area contributed by atoms with Gasteiger partial charge in [0.15, 0.2) is 5.78 Å². The second-order valence-corrected chi connectivity index (χ2v) is 6.20. The molecule has 26 heavy (non-hydrogen) atoms. The van der Waals surface area contributed by atoms with Crippen molar-refractivity contribution in [1.29, 1.82) is 0 Å². The minimum atomic E-state index is -4.61. The van der Waals surface area contributed by atoms with Crippen molar-refractivity contribution in [3.05, 3.63) is 57.9 Å². The molecule has 0 atom stereocenters. The van der Waals surface area contributed by atoms with Gasteiger partial charge in [-0.1, -0.05) is 19.1 Å². The molecule has 2 aromatic rings. The monoisotopic (exact) mass is 385 g/mol. The van der Waals surface area contributed by atoms with E-state index in [4.69, 9.17) is 4.74 Å². The van der Waals surface area contributed by atoms with Gasteiger partial charge in [0.2, 0.25) is 5.76 Å². The molecule has 0 bridgehead atoms. The van der Waals surface area contributed by atoms with E-state index in [1.165, 1.54) is 18.3 Å². The zero-order valence-corrected chi connectivity index (χ0v) is 15.1. The molecule has 0 N–H and O–H groups in total. The second-order valence-electron chi connectivity index (χ2n) is 5.26. The summed E-state index contributed by atoms with van der Waals surface area (Å²) < 4.78 is 48.0. The minimum absolute atomic E-state index is 0.0228. The fourth-order valence-corrected chi connectivity index (χ4v) is 2.90. The van der Waals surface area contributed by atoms with E-state index in [9.17, 15) is 18.0 Å². The molecule has 2 rings (SSSR count). The van der Waals surface area contributed by atoms with Crippen LogP contribution in [0.3, 0.4) is 0 Å². The number of benzene rings is 1. The van der Waals surface area contributed by atoms with Crippen LogP contribution in [0.25, 0.3) is 0 Å². The Kier molecular flexibility index (Phi) is 6.79. The summed E-state index contributed by atoms with van der Waals surface area (Å²) in [5, 5.41) is 2.46. The molecule has 0 aliphatic rings. The van der Waals surface area contributed by atoms with E-state index < -0.39 is 11.9 Å². The van der Waals surface area contributed by atoms with Crippen LogP contribution in [0.1, 0.15) is 41.3 Å². The van der Waals surface area contributed by atoms with E-state index in [0.717, 1.165) is 10.6 Å². The molecule has 140 valence electrons. The summed E-state index contributed by atoms with van der Waals surface area (Å²) in [6.07, 6.45) is -3.21. The van der Waals surface area contributed by atoms with Gasteiger partial charge < -0.3 is 9.47 Å². The summed E-state index contributed by atoms with van der Waals surface area (Å²) in [4.78, 5) is 15.9. The Bertz CT molecular complexity index is 784. The number of thiazole rings is 1. The van der Waals surface area contributed by atoms with Gasteiger partial charge >= 0.3 is 6.18 Å². The zero-order chi connectivity index (χ0) is 19.2. The van der Waals surface area contributed by atoms with Crippen LogP contribution in [-0.2, 0) is 11.2 Å². The molecular formula is C18H18F3NO3S. The van der Waals surface area contributed by atoms with Crippen molar-refractivity contribution < 1.29 is 27.4 Å². The number of hydrogen-bond donors (Lipinski definition) is 0. The van der Waals surface area contributed by atoms with Crippen LogP contribution in [0.15, 0.2) is 41.7 Å². The maximum atomic E-state index is 12.8. The highest BCUT2D eigenvalue weighted by Gasteiger charge is 2.36. The fraction of sp³-hybridized carbons (Fsp3) is 0.333. The summed E-state index contributed by atoms with van der Waals surface area (Å²) in [6, 6.07) is 6.66. The number of rotatable bonds is 8. The molecule has 0 spiro atoms. The lowest BCUT2D eigenvalue weighted by Gasteiger charge is -2.12. The van der Waals surface area contributed by atoms with Crippen LogP contribution in [0.5, 0.6) is 5.75 Å². The molecule has 0 saturated carbocycles. The Hall–Kier alpha value is -2.35. The number of hydrogen-bond acceptors (Lipinski definition) is 5. The number of carbonyl (C=O) groups is 1. The average molecular weight is 385 g/mol. The molecule has 1 aromatic heterocycles. The molecular weight excluding hydrogens is 367 g/mol. The van der Waals surface area contributed by atoms with Crippen LogP contribution in [0, 0.1) is 0 Å². The predicted octanol–water partition coefficient (Wildman–Crippen LogP) is 5.15. The van der Waals surface area contributed by atoms with Crippen molar-refractivity contribution in [3.63, 3.8) is 0 Å². The standard InChI is InChI=1S/C18H18F3NO3S/c1-3-15(23)14-11-26-17(22-14)9-12-6-5-7-13(8-12)25-10-16(24-4-2)18(19,20)21/h5-8,10-11H,3-4,9H2,1-2H3/b16-10-. The normalized spacial score (nSPS) is 12.1. The highest BCUT2D eigenvalue weighted by Crippen LogP contribution is 2.27. The van der Waals surface area contributed by atoms with E-state index in [0.29, 0.717) is 24.8 Å². The maximum absolute atomic E-state index is 12.8. The lowest BCUT2D eigenvalue weighted by atomic mass is 10.1. The topological polar surface area (TPSA) is 48.4 Å². The van der Waals surface area contributed by atoms with E-state index in [1.807, 2.05) is 6.07 Å². The Morgan fingerprint density at radius 3 is 2.73 bits per heavy atom. The lowest BCUT2D eigenvalue weighted by Crippen LogP contribution is -2.15. The van der Waals surface area contributed by atoms with Crippen LogP contribution in [0.4, 0.5) is 13.2 Å². The number of halogens is 3. The highest BCUT2D eigenvalue weighted by molar-refractivity contribution is 7.09. The molecule has 0 fully saturated rings. The summed E-state index contributed by atoms with van der Waals surface area (Å²) in [5.41, 5.74) is 1.25. The first-order valence-electron chi connectivity index (χ1n) is 7.96. The number of ketones is 1. The number of Topliss-reactive ketones (excluding diaryl/α,β-unsaturated/α-hetero) is 1. The molecule has 4 nitrogen and oxygen atoms in total. The summed E-state index contributed by atoms with van der Waals surface area (Å²) in [7, 11) is 0. The maximum Gasteiger partial charge on any atom is 0.452 e. The van der Waals surface area contributed by atoms with Crippen LogP contribution >= 0.6 is 11.3 Å². The number of alkyl halides is 3. The van der Waals surface area contributed by atoms with Gasteiger partial charge in [0.05, 0.1) is 11.6 Å². The molecule has 1 heterocycles. The molecule has 0 amide bonds. The van der Waals surface area contributed by atoms with Crippen molar-refractivity contribution >= 4 is 17.1 Å². The third kappa shape index (κ3) is 5.59. The minimum Gasteiger partial charge on any atom is -0.487 e. The number of allylic oxidation sites excluding steroid dienone is 1. The van der Waals surface area contributed by atoms with Gasteiger partial charge in [-0.05, 0) is 24.6 Å². The Balaban J connectivity index is 2.10. The smallest absolute Gasteiger partial charge is 0.452 e. The molecule has 0 radical (unpaired) electrons. The van der Waals surface area contributed by atoms with Crippen molar-refractivity contribution in [2.24, 2.45) is 0 Å². The average Bonchev–Trinajstić information content (AvgIpc) is 3.05. The van der Waals surface area contributed by atoms with Crippen molar-refractivity contribution in [1.82, 2.24) is 4.98 Å². The lowest BCUT2D eigenvalue weighted by molar-refractivity contribution is -0.132. The first kappa shape index (κ1) is 20.0. The molecule has 8 heteroatoms. The summed E-state index contributed by atoms with van der Waals surface area (Å²) in [5.74, 6) is -0.955. The second kappa shape index (κ2) is 8.84. The molecule has 1 aromatic carbocycles. The first-order chi connectivity index (χ1) is 12.3. The van der Waals surface area contributed by atoms with Gasteiger partial charge in [-0.25, -0.2) is 4.98 Å². The first-order valence-corrected chi connectivity index (χ1v) is 8.84. The quantitative estimate of drug-likeness (QED) is 0.466. The summed E-state index contributed by atoms with van der Waals surface area (Å²) in [6.45, 7) is 3.12. The molecule has 0 saturated heterocycles. The third-order valence-corrected chi connectivity index (χ3v) is 4.14. The van der Waals surface area contributed by atoms with E-state index in [1.54, 1.807) is 30.5 Å². The van der Waals surface area contributed by atoms with Gasteiger partial charge in [-0.2, -0.15) is 13.2 Å². The Morgan fingerprint density at radius 1 is 1.31 bits per heavy atom. The van der Waals surface area contributed by atoms with Gasteiger partial charge in [-0.15, -0.1) is 11.3 Å². The Morgan fingerprint density at radius 2 is 2.08 bits per heavy atom. The third-order valence-electron chi connectivity index (χ3n) is 3.29. The molecule has 0 aliphatic carbocycles. The summed E-state index contributed by atoms with van der Waals surface area (Å²) >= 11 is 1.37. The highest BCUT2D eigenvalue weighted by atomic mass is 32.1. The van der Waals surface area contributed by atoms with Gasteiger partial charge in [-0.3, -0.25) is 4.79 Å². The molecule has 0 unspecified atom stereocenters. The molecule has 0 aliphatic heterocycles. The number of carbonyl (C=O) groups excluding carboxylic acids is 1. The number of nitrogens with zero attached hydrogens (tertiary/aromatic N) is 1. The largest absolute Gasteiger partial charge is 0.487 e. The Labute approximate surface area is 153 Å². The van der Waals surface area contributed by atoms with Gasteiger partial charge in [0.25, 0.3) is 0 Å². The number of ether oxygens (including phenoxy) is 2. The SMILES string of the molecule is CCO/C(=C\Oc1cccc(Cc2nc(C(=O)CC)cs2)c1)C(F)(F)F. The van der Waals surface area contributed by atoms with Gasteiger partial charge in [0.1, 0.15) is 17.7 Å². The van der Waals surface area contributed by atoms with Crippen LogP contribution in [0.2, 0.25) is 0 Å². The van der Waals surface area contributed by atoms with E-state index >= 15 is 0 Å². The van der Waals surface area contributed by atoms with Crippen molar-refractivity contribution in [2.45, 2.75) is 32.9 Å². The van der Waals surface area contributed by atoms with E-state index in [-0.39, 0.29) is 18.1 Å². The van der Waals surface area contributed by atoms with Crippen molar-refractivity contribution in [3.8, 4) is 5.75 Å². The van der Waals surface area contributed by atoms with E-state index in [2.05, 4.69) is 9.72 Å². The van der Waals surface area contributed by atoms with Gasteiger partial charge in [0, 0.05) is 18.2 Å². The van der Waals surface area contributed by atoms with Crippen LogP contribution < -0.4 is 4.74 Å². The predicted molar refractivity (Wildman–Crippen MR) is 92.4 cm³/mol. The zero-order valence-electron chi connectivity index (χ0n) is 14.3.